The Labute approximate surface area is 191 Å². The zero-order valence-corrected chi connectivity index (χ0v) is 18.3. The van der Waals surface area contributed by atoms with Gasteiger partial charge < -0.3 is 20.1 Å². The van der Waals surface area contributed by atoms with E-state index in [1.165, 1.54) is 5.56 Å². The van der Waals surface area contributed by atoms with Gasteiger partial charge in [-0.25, -0.2) is 0 Å². The normalized spacial score (nSPS) is 14.4. The van der Waals surface area contributed by atoms with Gasteiger partial charge in [0.25, 0.3) is 11.8 Å². The smallest absolute Gasteiger partial charge is 0.262 e. The number of aryl methyl sites for hydroxylation is 1. The third kappa shape index (κ3) is 5.21. The van der Waals surface area contributed by atoms with Crippen molar-refractivity contribution in [2.24, 2.45) is 0 Å². The van der Waals surface area contributed by atoms with Gasteiger partial charge in [0, 0.05) is 22.3 Å². The number of hydrogen-bond donors (Lipinski definition) is 2. The molecule has 3 aromatic rings. The summed E-state index contributed by atoms with van der Waals surface area (Å²) in [6, 6.07) is 19.6. The molecule has 0 bridgehead atoms. The summed E-state index contributed by atoms with van der Waals surface area (Å²) in [4.78, 5) is 24.8. The van der Waals surface area contributed by atoms with E-state index in [0.717, 1.165) is 18.4 Å². The summed E-state index contributed by atoms with van der Waals surface area (Å²) in [5.41, 5.74) is 3.45. The number of fused-ring (bicyclic) bond motifs is 1. The first-order valence-electron chi connectivity index (χ1n) is 10.3. The highest BCUT2D eigenvalue weighted by molar-refractivity contribution is 6.30. The van der Waals surface area contributed by atoms with Crippen molar-refractivity contribution in [1.82, 2.24) is 5.32 Å². The molecule has 0 heterocycles. The van der Waals surface area contributed by atoms with Gasteiger partial charge in [0.1, 0.15) is 11.5 Å². The largest absolute Gasteiger partial charge is 0.497 e. The van der Waals surface area contributed by atoms with Crippen LogP contribution in [0.25, 0.3) is 0 Å². The summed E-state index contributed by atoms with van der Waals surface area (Å²) in [5.74, 6) is 0.714. The molecule has 0 saturated heterocycles. The number of carbonyl (C=O) groups excluding carboxylic acids is 2. The number of amides is 2. The van der Waals surface area contributed by atoms with Crippen molar-refractivity contribution in [2.45, 2.75) is 18.9 Å². The molecule has 0 saturated carbocycles. The van der Waals surface area contributed by atoms with Gasteiger partial charge in [0.05, 0.1) is 13.2 Å². The van der Waals surface area contributed by atoms with E-state index in [-0.39, 0.29) is 24.5 Å². The number of halogens is 1. The lowest BCUT2D eigenvalue weighted by Crippen LogP contribution is -2.27. The van der Waals surface area contributed by atoms with Gasteiger partial charge >= 0.3 is 0 Å². The Balaban J connectivity index is 1.29. The van der Waals surface area contributed by atoms with Crippen LogP contribution >= 0.6 is 11.6 Å². The Morgan fingerprint density at radius 3 is 2.62 bits per heavy atom. The maximum Gasteiger partial charge on any atom is 0.262 e. The van der Waals surface area contributed by atoms with Gasteiger partial charge in [-0.3, -0.25) is 9.59 Å². The van der Waals surface area contributed by atoms with Crippen LogP contribution in [0.4, 0.5) is 5.69 Å². The predicted octanol–water partition coefficient (Wildman–Crippen LogP) is 4.78. The van der Waals surface area contributed by atoms with Crippen LogP contribution in [0.15, 0.2) is 66.7 Å². The summed E-state index contributed by atoms with van der Waals surface area (Å²) in [6.07, 6.45) is 1.75. The van der Waals surface area contributed by atoms with E-state index in [0.29, 0.717) is 27.8 Å². The van der Waals surface area contributed by atoms with Gasteiger partial charge in [-0.1, -0.05) is 23.7 Å². The summed E-state index contributed by atoms with van der Waals surface area (Å²) < 4.78 is 10.7. The minimum absolute atomic E-state index is 0.0222. The average Bonchev–Trinajstić information content (AvgIpc) is 3.19. The fourth-order valence-corrected chi connectivity index (χ4v) is 3.92. The van der Waals surface area contributed by atoms with E-state index in [4.69, 9.17) is 21.1 Å². The lowest BCUT2D eigenvalue weighted by atomic mass is 10.1. The summed E-state index contributed by atoms with van der Waals surface area (Å²) in [6.45, 7) is -0.149. The van der Waals surface area contributed by atoms with E-state index in [1.54, 1.807) is 55.6 Å². The molecule has 32 heavy (non-hydrogen) atoms. The second kappa shape index (κ2) is 9.75. The number of hydrogen-bond acceptors (Lipinski definition) is 4. The Morgan fingerprint density at radius 1 is 1.03 bits per heavy atom. The third-order valence-corrected chi connectivity index (χ3v) is 5.56. The summed E-state index contributed by atoms with van der Waals surface area (Å²) >= 11 is 6.06. The molecule has 0 radical (unpaired) electrons. The van der Waals surface area contributed by atoms with Crippen LogP contribution in [0.3, 0.4) is 0 Å². The topological polar surface area (TPSA) is 76.7 Å². The molecule has 0 aromatic heterocycles. The van der Waals surface area contributed by atoms with Gasteiger partial charge in [-0.2, -0.15) is 0 Å². The van der Waals surface area contributed by atoms with Crippen molar-refractivity contribution in [3.8, 4) is 11.5 Å². The monoisotopic (exact) mass is 450 g/mol. The standard InChI is InChI=1S/C25H23ClN2O4/c1-31-21-4-2-3-19(14-21)27-24(29)15-32-20-9-5-16(6-10-20)25(30)28-23-12-7-17-13-18(26)8-11-22(17)23/h2-6,8-11,13-14,23H,7,12,15H2,1H3,(H,27,29)(H,28,30). The van der Waals surface area contributed by atoms with Crippen molar-refractivity contribution in [2.75, 3.05) is 19.0 Å². The van der Waals surface area contributed by atoms with Crippen molar-refractivity contribution >= 4 is 29.1 Å². The number of benzene rings is 3. The minimum Gasteiger partial charge on any atom is -0.497 e. The third-order valence-electron chi connectivity index (χ3n) is 5.33. The maximum absolute atomic E-state index is 12.7. The number of ether oxygens (including phenoxy) is 2. The molecule has 3 aromatic carbocycles. The van der Waals surface area contributed by atoms with E-state index in [2.05, 4.69) is 10.6 Å². The van der Waals surface area contributed by atoms with E-state index in [1.807, 2.05) is 18.2 Å². The van der Waals surface area contributed by atoms with Crippen molar-refractivity contribution < 1.29 is 19.1 Å². The molecular weight excluding hydrogens is 428 g/mol. The molecule has 0 spiro atoms. The van der Waals surface area contributed by atoms with Crippen LogP contribution in [-0.2, 0) is 11.2 Å². The Morgan fingerprint density at radius 2 is 1.84 bits per heavy atom. The molecule has 4 rings (SSSR count). The molecular formula is C25H23ClN2O4. The lowest BCUT2D eigenvalue weighted by Gasteiger charge is -2.14. The Bertz CT molecular complexity index is 1130. The summed E-state index contributed by atoms with van der Waals surface area (Å²) in [7, 11) is 1.57. The molecule has 1 atom stereocenters. The fraction of sp³-hybridized carbons (Fsp3) is 0.200. The quantitative estimate of drug-likeness (QED) is 0.543. The van der Waals surface area contributed by atoms with Crippen LogP contribution in [0.5, 0.6) is 11.5 Å². The van der Waals surface area contributed by atoms with Gasteiger partial charge in [-0.05, 0) is 72.5 Å². The highest BCUT2D eigenvalue weighted by atomic mass is 35.5. The molecule has 1 aliphatic rings. The number of rotatable bonds is 7. The highest BCUT2D eigenvalue weighted by Crippen LogP contribution is 2.33. The molecule has 2 N–H and O–H groups in total. The van der Waals surface area contributed by atoms with Crippen molar-refractivity contribution in [3.05, 3.63) is 88.4 Å². The van der Waals surface area contributed by atoms with Gasteiger partial charge in [-0.15, -0.1) is 0 Å². The zero-order chi connectivity index (χ0) is 22.5. The first kappa shape index (κ1) is 21.7. The van der Waals surface area contributed by atoms with Gasteiger partial charge in [0.2, 0.25) is 0 Å². The van der Waals surface area contributed by atoms with Crippen LogP contribution < -0.4 is 20.1 Å². The molecule has 0 aliphatic heterocycles. The molecule has 0 fully saturated rings. The number of nitrogens with one attached hydrogen (secondary N) is 2. The fourth-order valence-electron chi connectivity index (χ4n) is 3.73. The molecule has 1 aliphatic carbocycles. The number of methoxy groups -OCH3 is 1. The minimum atomic E-state index is -0.292. The average molecular weight is 451 g/mol. The molecule has 2 amide bonds. The first-order chi connectivity index (χ1) is 15.5. The van der Waals surface area contributed by atoms with E-state index < -0.39 is 0 Å². The first-order valence-corrected chi connectivity index (χ1v) is 10.7. The van der Waals surface area contributed by atoms with E-state index >= 15 is 0 Å². The van der Waals surface area contributed by atoms with Crippen molar-refractivity contribution in [1.29, 1.82) is 0 Å². The highest BCUT2D eigenvalue weighted by Gasteiger charge is 2.24. The maximum atomic E-state index is 12.7. The SMILES string of the molecule is COc1cccc(NC(=O)COc2ccc(C(=O)NC3CCc4cc(Cl)ccc43)cc2)c1. The Hall–Kier alpha value is -3.51. The van der Waals surface area contributed by atoms with E-state index in [9.17, 15) is 9.59 Å². The van der Waals surface area contributed by atoms with Crippen LogP contribution in [0.1, 0.15) is 33.9 Å². The van der Waals surface area contributed by atoms with Crippen LogP contribution in [0, 0.1) is 0 Å². The molecule has 1 unspecified atom stereocenters. The molecule has 6 nitrogen and oxygen atoms in total. The lowest BCUT2D eigenvalue weighted by molar-refractivity contribution is -0.118. The van der Waals surface area contributed by atoms with Gasteiger partial charge in [0.15, 0.2) is 6.61 Å². The number of anilines is 1. The summed E-state index contributed by atoms with van der Waals surface area (Å²) in [5, 5.41) is 6.54. The van der Waals surface area contributed by atoms with Crippen molar-refractivity contribution in [3.63, 3.8) is 0 Å². The second-order valence-corrected chi connectivity index (χ2v) is 7.94. The Kier molecular flexibility index (Phi) is 6.61. The molecule has 164 valence electrons. The van der Waals surface area contributed by atoms with Crippen LogP contribution in [0.2, 0.25) is 5.02 Å². The predicted molar refractivity (Wildman–Crippen MR) is 124 cm³/mol. The number of carbonyl (C=O) groups is 2. The van der Waals surface area contributed by atoms with Crippen LogP contribution in [-0.4, -0.2) is 25.5 Å². The second-order valence-electron chi connectivity index (χ2n) is 7.50. The molecule has 7 heteroatoms. The zero-order valence-electron chi connectivity index (χ0n) is 17.6.